The van der Waals surface area contributed by atoms with E-state index in [9.17, 15) is 4.79 Å². The molecule has 90 valence electrons. The Bertz CT molecular complexity index is 593. The first kappa shape index (κ1) is 11.9. The average Bonchev–Trinajstić information content (AvgIpc) is 2.28. The van der Waals surface area contributed by atoms with Crippen molar-refractivity contribution in [3.8, 4) is 0 Å². The fourth-order valence-corrected chi connectivity index (χ4v) is 2.23. The number of nitrogens with zero attached hydrogens (tertiary/aromatic N) is 1. The molecule has 2 nitrogen and oxygen atoms in total. The van der Waals surface area contributed by atoms with Gasteiger partial charge < -0.3 is 4.57 Å². The van der Waals surface area contributed by atoms with Crippen LogP contribution in [0.4, 0.5) is 0 Å². The van der Waals surface area contributed by atoms with Crippen LogP contribution in [0.25, 0.3) is 10.8 Å². The maximum Gasteiger partial charge on any atom is 0.258 e. The lowest BCUT2D eigenvalue weighted by Gasteiger charge is -2.14. The predicted octanol–water partition coefficient (Wildman–Crippen LogP) is 3.71. The molecule has 1 heterocycles. The Morgan fingerprint density at radius 1 is 1.00 bits per heavy atom. The van der Waals surface area contributed by atoms with Crippen molar-refractivity contribution in [1.29, 1.82) is 0 Å². The number of benzene rings is 1. The second kappa shape index (κ2) is 4.36. The minimum Gasteiger partial charge on any atom is -0.312 e. The molecule has 0 radical (unpaired) electrons. The Balaban J connectivity index is 2.81. The molecular formula is C15H19NO. The van der Waals surface area contributed by atoms with E-state index >= 15 is 0 Å². The monoisotopic (exact) mass is 229 g/mol. The van der Waals surface area contributed by atoms with Gasteiger partial charge in [-0.2, -0.15) is 0 Å². The van der Waals surface area contributed by atoms with Gasteiger partial charge in [-0.25, -0.2) is 0 Å². The van der Waals surface area contributed by atoms with Crippen molar-refractivity contribution < 1.29 is 0 Å². The molecule has 2 rings (SSSR count). The molecule has 0 aliphatic rings. The lowest BCUT2D eigenvalue weighted by Crippen LogP contribution is -2.21. The third-order valence-corrected chi connectivity index (χ3v) is 3.18. The third kappa shape index (κ3) is 1.99. The van der Waals surface area contributed by atoms with Crippen molar-refractivity contribution >= 4 is 10.8 Å². The molecule has 0 saturated carbocycles. The van der Waals surface area contributed by atoms with Crippen molar-refractivity contribution in [3.05, 3.63) is 46.4 Å². The summed E-state index contributed by atoms with van der Waals surface area (Å²) < 4.78 is 1.78. The van der Waals surface area contributed by atoms with Gasteiger partial charge in [0.25, 0.3) is 5.56 Å². The SMILES string of the molecule is CC(C)c1cccc2c(=O)n(C(C)C)ccc12. The molecule has 0 amide bonds. The fraction of sp³-hybridized carbons (Fsp3) is 0.400. The van der Waals surface area contributed by atoms with Crippen molar-refractivity contribution in [1.82, 2.24) is 4.57 Å². The van der Waals surface area contributed by atoms with E-state index in [0.29, 0.717) is 5.92 Å². The second-order valence-corrected chi connectivity index (χ2v) is 5.09. The summed E-state index contributed by atoms with van der Waals surface area (Å²) >= 11 is 0. The Morgan fingerprint density at radius 3 is 2.29 bits per heavy atom. The first-order valence-corrected chi connectivity index (χ1v) is 6.16. The van der Waals surface area contributed by atoms with Gasteiger partial charge in [-0.05, 0) is 42.8 Å². The normalized spacial score (nSPS) is 11.6. The van der Waals surface area contributed by atoms with Crippen LogP contribution < -0.4 is 5.56 Å². The molecule has 17 heavy (non-hydrogen) atoms. The standard InChI is InChI=1S/C15H19NO/c1-10(2)12-6-5-7-14-13(12)8-9-16(11(3)4)15(14)17/h5-11H,1-4H3. The van der Waals surface area contributed by atoms with Crippen LogP contribution in [0.3, 0.4) is 0 Å². The van der Waals surface area contributed by atoms with E-state index in [1.165, 1.54) is 5.56 Å². The molecule has 1 aromatic heterocycles. The van der Waals surface area contributed by atoms with Gasteiger partial charge in [0, 0.05) is 17.6 Å². The molecule has 2 aromatic rings. The average molecular weight is 229 g/mol. The summed E-state index contributed by atoms with van der Waals surface area (Å²) in [5.41, 5.74) is 1.36. The smallest absolute Gasteiger partial charge is 0.258 e. The molecule has 0 aliphatic carbocycles. The highest BCUT2D eigenvalue weighted by Crippen LogP contribution is 2.23. The zero-order valence-electron chi connectivity index (χ0n) is 10.9. The predicted molar refractivity (Wildman–Crippen MR) is 72.7 cm³/mol. The Morgan fingerprint density at radius 2 is 1.71 bits per heavy atom. The lowest BCUT2D eigenvalue weighted by molar-refractivity contribution is 0.582. The van der Waals surface area contributed by atoms with Crippen LogP contribution in [-0.4, -0.2) is 4.57 Å². The van der Waals surface area contributed by atoms with Crippen LogP contribution in [0, 0.1) is 0 Å². The van der Waals surface area contributed by atoms with Crippen LogP contribution in [0.2, 0.25) is 0 Å². The number of hydrogen-bond donors (Lipinski definition) is 0. The molecule has 0 aliphatic heterocycles. The lowest BCUT2D eigenvalue weighted by atomic mass is 9.97. The van der Waals surface area contributed by atoms with Crippen LogP contribution in [0.1, 0.15) is 45.2 Å². The topological polar surface area (TPSA) is 22.0 Å². The summed E-state index contributed by atoms with van der Waals surface area (Å²) in [4.78, 5) is 12.3. The van der Waals surface area contributed by atoms with E-state index in [0.717, 1.165) is 10.8 Å². The van der Waals surface area contributed by atoms with E-state index in [4.69, 9.17) is 0 Å². The fourth-order valence-electron chi connectivity index (χ4n) is 2.23. The van der Waals surface area contributed by atoms with E-state index in [1.807, 2.05) is 32.2 Å². The van der Waals surface area contributed by atoms with E-state index in [-0.39, 0.29) is 11.6 Å². The Labute approximate surface area is 102 Å². The van der Waals surface area contributed by atoms with Gasteiger partial charge in [0.05, 0.1) is 0 Å². The largest absolute Gasteiger partial charge is 0.312 e. The highest BCUT2D eigenvalue weighted by Gasteiger charge is 2.09. The third-order valence-electron chi connectivity index (χ3n) is 3.18. The molecule has 0 saturated heterocycles. The van der Waals surface area contributed by atoms with Crippen LogP contribution >= 0.6 is 0 Å². The number of fused-ring (bicyclic) bond motifs is 1. The molecule has 2 heteroatoms. The van der Waals surface area contributed by atoms with Gasteiger partial charge >= 0.3 is 0 Å². The first-order chi connectivity index (χ1) is 8.02. The number of pyridine rings is 1. The molecule has 0 atom stereocenters. The van der Waals surface area contributed by atoms with Gasteiger partial charge in [0.2, 0.25) is 0 Å². The molecule has 0 bridgehead atoms. The van der Waals surface area contributed by atoms with E-state index in [2.05, 4.69) is 26.0 Å². The zero-order chi connectivity index (χ0) is 12.6. The van der Waals surface area contributed by atoms with E-state index in [1.54, 1.807) is 4.57 Å². The molecule has 0 spiro atoms. The number of rotatable bonds is 2. The number of hydrogen-bond acceptors (Lipinski definition) is 1. The van der Waals surface area contributed by atoms with Gasteiger partial charge in [-0.15, -0.1) is 0 Å². The summed E-state index contributed by atoms with van der Waals surface area (Å²) in [7, 11) is 0. The highest BCUT2D eigenvalue weighted by atomic mass is 16.1. The quantitative estimate of drug-likeness (QED) is 0.769. The van der Waals surface area contributed by atoms with Gasteiger partial charge in [0.15, 0.2) is 0 Å². The van der Waals surface area contributed by atoms with Crippen LogP contribution in [-0.2, 0) is 0 Å². The molecule has 0 fully saturated rings. The van der Waals surface area contributed by atoms with Crippen LogP contribution in [0.5, 0.6) is 0 Å². The highest BCUT2D eigenvalue weighted by molar-refractivity contribution is 5.85. The summed E-state index contributed by atoms with van der Waals surface area (Å²) in [6.45, 7) is 8.37. The maximum atomic E-state index is 12.3. The zero-order valence-corrected chi connectivity index (χ0v) is 10.9. The van der Waals surface area contributed by atoms with E-state index < -0.39 is 0 Å². The Kier molecular flexibility index (Phi) is 3.05. The number of aromatic nitrogens is 1. The minimum atomic E-state index is 0.111. The maximum absolute atomic E-state index is 12.3. The second-order valence-electron chi connectivity index (χ2n) is 5.09. The summed E-state index contributed by atoms with van der Waals surface area (Å²) in [5, 5.41) is 1.91. The minimum absolute atomic E-state index is 0.111. The van der Waals surface area contributed by atoms with Gasteiger partial charge in [-0.1, -0.05) is 26.0 Å². The van der Waals surface area contributed by atoms with Gasteiger partial charge in [-0.3, -0.25) is 4.79 Å². The van der Waals surface area contributed by atoms with Crippen molar-refractivity contribution in [3.63, 3.8) is 0 Å². The summed E-state index contributed by atoms with van der Waals surface area (Å²) in [6.07, 6.45) is 1.90. The van der Waals surface area contributed by atoms with Crippen molar-refractivity contribution in [2.45, 2.75) is 39.7 Å². The Hall–Kier alpha value is -1.57. The molecule has 1 aromatic carbocycles. The van der Waals surface area contributed by atoms with Crippen molar-refractivity contribution in [2.75, 3.05) is 0 Å². The summed E-state index contributed by atoms with van der Waals surface area (Å²) in [6, 6.07) is 8.26. The van der Waals surface area contributed by atoms with Crippen molar-refractivity contribution in [2.24, 2.45) is 0 Å². The van der Waals surface area contributed by atoms with Gasteiger partial charge in [0.1, 0.15) is 0 Å². The molecule has 0 N–H and O–H groups in total. The molecule has 0 unspecified atom stereocenters. The first-order valence-electron chi connectivity index (χ1n) is 6.16. The summed E-state index contributed by atoms with van der Waals surface area (Å²) in [5.74, 6) is 0.438. The molecular weight excluding hydrogens is 210 g/mol. The van der Waals surface area contributed by atoms with Crippen LogP contribution in [0.15, 0.2) is 35.3 Å².